The first-order valence-electron chi connectivity index (χ1n) is 6.79. The van der Waals surface area contributed by atoms with Gasteiger partial charge in [0, 0.05) is 25.2 Å². The minimum atomic E-state index is -2.50. The maximum atomic E-state index is 13.5. The number of likely N-dealkylation sites (tertiary alicyclic amines) is 1. The maximum absolute atomic E-state index is 13.5. The summed E-state index contributed by atoms with van der Waals surface area (Å²) in [5.41, 5.74) is 0. The van der Waals surface area contributed by atoms with Crippen LogP contribution in [0.4, 0.5) is 8.78 Å². The van der Waals surface area contributed by atoms with E-state index in [1.807, 2.05) is 18.7 Å². The van der Waals surface area contributed by atoms with E-state index in [9.17, 15) is 8.78 Å². The van der Waals surface area contributed by atoms with E-state index in [-0.39, 0.29) is 6.54 Å². The van der Waals surface area contributed by atoms with Crippen molar-refractivity contribution in [2.75, 3.05) is 26.3 Å². The minimum absolute atomic E-state index is 0.0567. The van der Waals surface area contributed by atoms with Gasteiger partial charge in [-0.2, -0.15) is 0 Å². The lowest BCUT2D eigenvalue weighted by Crippen LogP contribution is -2.52. The molecule has 2 nitrogen and oxygen atoms in total. The van der Waals surface area contributed by atoms with Crippen LogP contribution < -0.4 is 0 Å². The zero-order valence-electron chi connectivity index (χ0n) is 11.2. The third-order valence-electron chi connectivity index (χ3n) is 3.69. The van der Waals surface area contributed by atoms with Gasteiger partial charge < -0.3 is 4.74 Å². The van der Waals surface area contributed by atoms with Crippen LogP contribution in [0, 0.1) is 5.92 Å². The standard InChI is InChI=1S/C11H19F2NO.C2H6/c1-9-2-5-14(8-11(9,12)13)10-3-6-15-7-4-10;1-2/h9-10H,2-8H2,1H3;1-2H3. The van der Waals surface area contributed by atoms with E-state index in [2.05, 4.69) is 0 Å². The van der Waals surface area contributed by atoms with Crippen LogP contribution in [0.25, 0.3) is 0 Å². The van der Waals surface area contributed by atoms with Gasteiger partial charge in [-0.05, 0) is 25.8 Å². The molecule has 1 atom stereocenters. The van der Waals surface area contributed by atoms with Crippen molar-refractivity contribution in [2.24, 2.45) is 5.92 Å². The van der Waals surface area contributed by atoms with E-state index < -0.39 is 11.8 Å². The van der Waals surface area contributed by atoms with Crippen molar-refractivity contribution in [3.8, 4) is 0 Å². The Morgan fingerprint density at radius 2 is 1.71 bits per heavy atom. The predicted octanol–water partition coefficient (Wildman–Crippen LogP) is 3.17. The van der Waals surface area contributed by atoms with Gasteiger partial charge in [-0.15, -0.1) is 0 Å². The number of nitrogens with zero attached hydrogens (tertiary/aromatic N) is 1. The summed E-state index contributed by atoms with van der Waals surface area (Å²) < 4.78 is 32.3. The summed E-state index contributed by atoms with van der Waals surface area (Å²) in [6, 6.07) is 0.317. The molecule has 0 spiro atoms. The van der Waals surface area contributed by atoms with Gasteiger partial charge in [-0.3, -0.25) is 4.90 Å². The first-order valence-corrected chi connectivity index (χ1v) is 6.79. The number of alkyl halides is 2. The van der Waals surface area contributed by atoms with Crippen molar-refractivity contribution >= 4 is 0 Å². The fraction of sp³-hybridized carbons (Fsp3) is 1.00. The second kappa shape index (κ2) is 6.64. The number of rotatable bonds is 1. The summed E-state index contributed by atoms with van der Waals surface area (Å²) >= 11 is 0. The zero-order chi connectivity index (χ0) is 12.9. The third-order valence-corrected chi connectivity index (χ3v) is 3.69. The second-order valence-corrected chi connectivity index (χ2v) is 4.76. The van der Waals surface area contributed by atoms with E-state index >= 15 is 0 Å². The fourth-order valence-corrected chi connectivity index (χ4v) is 2.44. The van der Waals surface area contributed by atoms with Gasteiger partial charge in [0.25, 0.3) is 5.92 Å². The molecule has 2 aliphatic rings. The van der Waals surface area contributed by atoms with Crippen molar-refractivity contribution in [3.05, 3.63) is 0 Å². The Hall–Kier alpha value is -0.220. The molecule has 2 fully saturated rings. The molecule has 0 aromatic heterocycles. The lowest BCUT2D eigenvalue weighted by Gasteiger charge is -2.42. The molecule has 0 aromatic rings. The van der Waals surface area contributed by atoms with Gasteiger partial charge in [0.1, 0.15) is 0 Å². The minimum Gasteiger partial charge on any atom is -0.381 e. The van der Waals surface area contributed by atoms with Crippen molar-refractivity contribution in [3.63, 3.8) is 0 Å². The Bertz CT molecular complexity index is 217. The highest BCUT2D eigenvalue weighted by Gasteiger charge is 2.43. The maximum Gasteiger partial charge on any atom is 0.263 e. The molecule has 2 heterocycles. The first-order chi connectivity index (χ1) is 8.09. The molecule has 2 aliphatic heterocycles. The number of ether oxygens (including phenoxy) is 1. The van der Waals surface area contributed by atoms with E-state index in [1.54, 1.807) is 6.92 Å². The number of hydrogen-bond donors (Lipinski definition) is 0. The van der Waals surface area contributed by atoms with Crippen LogP contribution in [0.2, 0.25) is 0 Å². The SMILES string of the molecule is CC.CC1CCN(C2CCOCC2)CC1(F)F. The number of halogens is 2. The Kier molecular flexibility index (Phi) is 5.80. The molecule has 0 aliphatic carbocycles. The summed E-state index contributed by atoms with van der Waals surface area (Å²) in [5.74, 6) is -2.97. The molecule has 17 heavy (non-hydrogen) atoms. The van der Waals surface area contributed by atoms with E-state index in [0.29, 0.717) is 12.5 Å². The van der Waals surface area contributed by atoms with Gasteiger partial charge in [-0.25, -0.2) is 8.78 Å². The van der Waals surface area contributed by atoms with Crippen molar-refractivity contribution < 1.29 is 13.5 Å². The molecule has 2 rings (SSSR count). The van der Waals surface area contributed by atoms with Crippen LogP contribution in [-0.2, 0) is 4.74 Å². The van der Waals surface area contributed by atoms with Crippen molar-refractivity contribution in [2.45, 2.75) is 52.0 Å². The number of hydrogen-bond acceptors (Lipinski definition) is 2. The quantitative estimate of drug-likeness (QED) is 0.707. The zero-order valence-corrected chi connectivity index (χ0v) is 11.2. The Morgan fingerprint density at radius 1 is 1.12 bits per heavy atom. The monoisotopic (exact) mass is 249 g/mol. The topological polar surface area (TPSA) is 12.5 Å². The molecule has 0 amide bonds. The van der Waals surface area contributed by atoms with Crippen molar-refractivity contribution in [1.82, 2.24) is 4.90 Å². The average Bonchev–Trinajstić information content (AvgIpc) is 2.36. The van der Waals surface area contributed by atoms with Crippen LogP contribution >= 0.6 is 0 Å². The van der Waals surface area contributed by atoms with Gasteiger partial charge in [0.05, 0.1) is 6.54 Å². The second-order valence-electron chi connectivity index (χ2n) is 4.76. The van der Waals surface area contributed by atoms with Gasteiger partial charge in [-0.1, -0.05) is 20.8 Å². The smallest absolute Gasteiger partial charge is 0.263 e. The first kappa shape index (κ1) is 14.8. The van der Waals surface area contributed by atoms with Gasteiger partial charge >= 0.3 is 0 Å². The molecule has 1 unspecified atom stereocenters. The highest BCUT2D eigenvalue weighted by Crippen LogP contribution is 2.34. The summed E-state index contributed by atoms with van der Waals surface area (Å²) in [5, 5.41) is 0. The number of piperidine rings is 1. The highest BCUT2D eigenvalue weighted by atomic mass is 19.3. The van der Waals surface area contributed by atoms with E-state index in [4.69, 9.17) is 4.74 Å². The lowest BCUT2D eigenvalue weighted by atomic mass is 9.92. The van der Waals surface area contributed by atoms with Crippen molar-refractivity contribution in [1.29, 1.82) is 0 Å². The summed E-state index contributed by atoms with van der Waals surface area (Å²) in [6.45, 7) is 7.87. The fourth-order valence-electron chi connectivity index (χ4n) is 2.44. The highest BCUT2D eigenvalue weighted by molar-refractivity contribution is 4.88. The van der Waals surface area contributed by atoms with Crippen LogP contribution in [0.1, 0.15) is 40.0 Å². The summed E-state index contributed by atoms with van der Waals surface area (Å²) in [6.07, 6.45) is 2.43. The summed E-state index contributed by atoms with van der Waals surface area (Å²) in [4.78, 5) is 1.96. The molecule has 2 saturated heterocycles. The van der Waals surface area contributed by atoms with E-state index in [0.717, 1.165) is 32.6 Å². The Balaban J connectivity index is 0.000000686. The molecule has 0 N–H and O–H groups in total. The summed E-state index contributed by atoms with van der Waals surface area (Å²) in [7, 11) is 0. The lowest BCUT2D eigenvalue weighted by molar-refractivity contribution is -0.121. The Morgan fingerprint density at radius 3 is 2.24 bits per heavy atom. The largest absolute Gasteiger partial charge is 0.381 e. The molecule has 0 aromatic carbocycles. The van der Waals surface area contributed by atoms with Crippen LogP contribution in [0.5, 0.6) is 0 Å². The van der Waals surface area contributed by atoms with Crippen LogP contribution in [-0.4, -0.2) is 43.2 Å². The van der Waals surface area contributed by atoms with Gasteiger partial charge in [0.2, 0.25) is 0 Å². The molecule has 4 heteroatoms. The molecule has 0 radical (unpaired) electrons. The predicted molar refractivity (Wildman–Crippen MR) is 65.5 cm³/mol. The third kappa shape index (κ3) is 3.88. The average molecular weight is 249 g/mol. The Labute approximate surface area is 103 Å². The van der Waals surface area contributed by atoms with Crippen LogP contribution in [0.3, 0.4) is 0 Å². The molecule has 0 bridgehead atoms. The molecule has 102 valence electrons. The normalized spacial score (nSPS) is 30.5. The van der Waals surface area contributed by atoms with E-state index in [1.165, 1.54) is 0 Å². The molecular weight excluding hydrogens is 224 g/mol. The van der Waals surface area contributed by atoms with Gasteiger partial charge in [0.15, 0.2) is 0 Å². The molecular formula is C13H25F2NO. The molecule has 0 saturated carbocycles. The van der Waals surface area contributed by atoms with Crippen LogP contribution in [0.15, 0.2) is 0 Å².